The number of carbonyl (C=O) groups is 2. The molecule has 3 aromatic rings. The van der Waals surface area contributed by atoms with Gasteiger partial charge in [0.1, 0.15) is 29.7 Å². The molecule has 2 N–H and O–H groups in total. The van der Waals surface area contributed by atoms with E-state index in [9.17, 15) is 18.4 Å². The number of hydrogen-bond acceptors (Lipinski definition) is 4. The third kappa shape index (κ3) is 6.27. The average Bonchev–Trinajstić information content (AvgIpc) is 2.78. The zero-order chi connectivity index (χ0) is 22.2. The minimum absolute atomic E-state index is 0.138. The van der Waals surface area contributed by atoms with Crippen molar-refractivity contribution in [3.63, 3.8) is 0 Å². The topological polar surface area (TPSA) is 76.7 Å². The Kier molecular flexibility index (Phi) is 7.16. The summed E-state index contributed by atoms with van der Waals surface area (Å²) in [6.45, 7) is 1.63. The van der Waals surface area contributed by atoms with E-state index >= 15 is 0 Å². The Hall–Kier alpha value is -3.94. The van der Waals surface area contributed by atoms with Crippen molar-refractivity contribution in [2.45, 2.75) is 19.6 Å². The fraction of sp³-hybridized carbons (Fsp3) is 0.130. The van der Waals surface area contributed by atoms with Gasteiger partial charge in [0.2, 0.25) is 0 Å². The van der Waals surface area contributed by atoms with Gasteiger partial charge in [-0.1, -0.05) is 24.3 Å². The molecule has 2 amide bonds. The van der Waals surface area contributed by atoms with Crippen molar-refractivity contribution in [2.75, 3.05) is 0 Å². The molecular weight excluding hydrogens is 406 g/mol. The Morgan fingerprint density at radius 3 is 2.16 bits per heavy atom. The molecule has 0 radical (unpaired) electrons. The lowest BCUT2D eigenvalue weighted by atomic mass is 10.2. The molecule has 0 aliphatic carbocycles. The second-order valence-electron chi connectivity index (χ2n) is 6.57. The molecule has 3 aromatic carbocycles. The molecule has 8 heteroatoms. The summed E-state index contributed by atoms with van der Waals surface area (Å²) in [7, 11) is 0. The number of ether oxygens (including phenoxy) is 2. The normalized spacial score (nSPS) is 11.3. The van der Waals surface area contributed by atoms with Gasteiger partial charge in [-0.2, -0.15) is 0 Å². The largest absolute Gasteiger partial charge is 0.488 e. The summed E-state index contributed by atoms with van der Waals surface area (Å²) in [6.07, 6.45) is -0.935. The molecular formula is C23H20F2N2O4. The highest BCUT2D eigenvalue weighted by Gasteiger charge is 2.17. The Morgan fingerprint density at radius 2 is 1.48 bits per heavy atom. The summed E-state index contributed by atoms with van der Waals surface area (Å²) >= 11 is 0. The monoisotopic (exact) mass is 426 g/mol. The molecule has 0 spiro atoms. The van der Waals surface area contributed by atoms with Crippen LogP contribution in [0.15, 0.2) is 72.8 Å². The maximum atomic E-state index is 13.0. The number of nitrogens with one attached hydrogen (secondary N) is 2. The Bertz CT molecular complexity index is 1040. The van der Waals surface area contributed by atoms with Gasteiger partial charge in [-0.3, -0.25) is 20.4 Å². The number of hydrogen-bond donors (Lipinski definition) is 2. The van der Waals surface area contributed by atoms with Crippen molar-refractivity contribution in [2.24, 2.45) is 0 Å². The number of para-hydroxylation sites is 1. The Balaban J connectivity index is 1.55. The Labute approximate surface area is 177 Å². The van der Waals surface area contributed by atoms with Crippen LogP contribution in [0.3, 0.4) is 0 Å². The van der Waals surface area contributed by atoms with E-state index in [1.807, 2.05) is 0 Å². The van der Waals surface area contributed by atoms with Crippen molar-refractivity contribution in [1.29, 1.82) is 0 Å². The second-order valence-corrected chi connectivity index (χ2v) is 6.57. The van der Waals surface area contributed by atoms with Crippen molar-refractivity contribution < 1.29 is 27.8 Å². The van der Waals surface area contributed by atoms with Crippen LogP contribution < -0.4 is 20.3 Å². The van der Waals surface area contributed by atoms with Crippen molar-refractivity contribution in [1.82, 2.24) is 10.9 Å². The molecule has 31 heavy (non-hydrogen) atoms. The molecule has 3 rings (SSSR count). The Morgan fingerprint density at radius 1 is 0.871 bits per heavy atom. The first-order valence-electron chi connectivity index (χ1n) is 9.41. The fourth-order valence-corrected chi connectivity index (χ4v) is 2.58. The van der Waals surface area contributed by atoms with E-state index in [-0.39, 0.29) is 18.0 Å². The number of rotatable bonds is 7. The number of halogens is 2. The quantitative estimate of drug-likeness (QED) is 0.564. The van der Waals surface area contributed by atoms with Crippen LogP contribution in [0.25, 0.3) is 0 Å². The van der Waals surface area contributed by atoms with Crippen LogP contribution in [-0.2, 0) is 11.4 Å². The molecule has 0 aliphatic rings. The van der Waals surface area contributed by atoms with Gasteiger partial charge in [0, 0.05) is 0 Å². The lowest BCUT2D eigenvalue weighted by molar-refractivity contribution is -0.128. The van der Waals surface area contributed by atoms with E-state index in [2.05, 4.69) is 10.9 Å². The van der Waals surface area contributed by atoms with Crippen LogP contribution in [0.1, 0.15) is 22.8 Å². The van der Waals surface area contributed by atoms with Crippen LogP contribution >= 0.6 is 0 Å². The number of amides is 2. The van der Waals surface area contributed by atoms with Crippen molar-refractivity contribution in [3.8, 4) is 11.5 Å². The summed E-state index contributed by atoms with van der Waals surface area (Å²) in [5.74, 6) is -1.34. The molecule has 1 unspecified atom stereocenters. The highest BCUT2D eigenvalue weighted by molar-refractivity contribution is 5.98. The van der Waals surface area contributed by atoms with E-state index < -0.39 is 23.7 Å². The van der Waals surface area contributed by atoms with E-state index in [0.29, 0.717) is 11.5 Å². The maximum absolute atomic E-state index is 13.0. The van der Waals surface area contributed by atoms with Crippen LogP contribution in [0.2, 0.25) is 0 Å². The number of benzene rings is 3. The van der Waals surface area contributed by atoms with E-state index in [1.54, 1.807) is 36.4 Å². The van der Waals surface area contributed by atoms with Crippen LogP contribution in [0.5, 0.6) is 11.5 Å². The third-order valence-corrected chi connectivity index (χ3v) is 4.23. The number of carbonyl (C=O) groups excluding carboxylic acids is 2. The smallest absolute Gasteiger partial charge is 0.279 e. The number of hydrazine groups is 1. The predicted octanol–water partition coefficient (Wildman–Crippen LogP) is 3.77. The molecule has 0 saturated heterocycles. The van der Waals surface area contributed by atoms with E-state index in [4.69, 9.17) is 9.47 Å². The van der Waals surface area contributed by atoms with Crippen LogP contribution in [0.4, 0.5) is 8.78 Å². The summed E-state index contributed by atoms with van der Waals surface area (Å²) in [5.41, 5.74) is 5.54. The highest BCUT2D eigenvalue weighted by Crippen LogP contribution is 2.19. The minimum atomic E-state index is -0.935. The zero-order valence-electron chi connectivity index (χ0n) is 16.6. The van der Waals surface area contributed by atoms with Gasteiger partial charge in [-0.25, -0.2) is 8.78 Å². The average molecular weight is 426 g/mol. The first-order valence-corrected chi connectivity index (χ1v) is 9.41. The first-order chi connectivity index (χ1) is 14.9. The maximum Gasteiger partial charge on any atom is 0.279 e. The summed E-state index contributed by atoms with van der Waals surface area (Å²) in [5, 5.41) is 0. The first kappa shape index (κ1) is 21.8. The molecule has 160 valence electrons. The third-order valence-electron chi connectivity index (χ3n) is 4.23. The van der Waals surface area contributed by atoms with Gasteiger partial charge >= 0.3 is 0 Å². The second kappa shape index (κ2) is 10.2. The standard InChI is InChI=1S/C23H20F2N2O4/c1-15(31-19-12-10-18(25)11-13-19)22(28)26-27-23(29)20-4-2-3-5-21(20)30-14-16-6-8-17(24)9-7-16/h2-13,15H,14H2,1H3,(H,26,28)(H,27,29). The molecule has 0 saturated carbocycles. The summed E-state index contributed by atoms with van der Waals surface area (Å²) in [4.78, 5) is 24.7. The van der Waals surface area contributed by atoms with Crippen molar-refractivity contribution >= 4 is 11.8 Å². The van der Waals surface area contributed by atoms with Crippen LogP contribution in [-0.4, -0.2) is 17.9 Å². The molecule has 0 aromatic heterocycles. The molecule has 1 atom stereocenters. The molecule has 0 heterocycles. The van der Waals surface area contributed by atoms with Crippen LogP contribution in [0, 0.1) is 11.6 Å². The summed E-state index contributed by atoms with van der Waals surface area (Å²) < 4.78 is 37.0. The molecule has 0 fully saturated rings. The van der Waals surface area contributed by atoms with Gasteiger partial charge in [0.05, 0.1) is 5.56 Å². The summed E-state index contributed by atoms with van der Waals surface area (Å²) in [6, 6.07) is 17.5. The fourth-order valence-electron chi connectivity index (χ4n) is 2.58. The predicted molar refractivity (Wildman–Crippen MR) is 109 cm³/mol. The van der Waals surface area contributed by atoms with Crippen molar-refractivity contribution in [3.05, 3.63) is 95.6 Å². The molecule has 0 aliphatic heterocycles. The lowest BCUT2D eigenvalue weighted by Crippen LogP contribution is -2.47. The molecule has 0 bridgehead atoms. The van der Waals surface area contributed by atoms with Gasteiger partial charge < -0.3 is 9.47 Å². The van der Waals surface area contributed by atoms with E-state index in [1.165, 1.54) is 43.3 Å². The zero-order valence-corrected chi connectivity index (χ0v) is 16.6. The lowest BCUT2D eigenvalue weighted by Gasteiger charge is -2.16. The SMILES string of the molecule is CC(Oc1ccc(F)cc1)C(=O)NNC(=O)c1ccccc1OCc1ccc(F)cc1. The van der Waals surface area contributed by atoms with Gasteiger partial charge in [0.15, 0.2) is 6.10 Å². The minimum Gasteiger partial charge on any atom is -0.488 e. The molecule has 6 nitrogen and oxygen atoms in total. The van der Waals surface area contributed by atoms with Gasteiger partial charge in [-0.05, 0) is 61.0 Å². The highest BCUT2D eigenvalue weighted by atomic mass is 19.1. The van der Waals surface area contributed by atoms with E-state index in [0.717, 1.165) is 5.56 Å². The van der Waals surface area contributed by atoms with Gasteiger partial charge in [0.25, 0.3) is 11.8 Å². The van der Waals surface area contributed by atoms with Gasteiger partial charge in [-0.15, -0.1) is 0 Å².